The second kappa shape index (κ2) is 10.5. The number of carbonyl (C=O) groups is 1. The van der Waals surface area contributed by atoms with E-state index in [0.717, 1.165) is 25.7 Å². The molecule has 2 saturated carbocycles. The van der Waals surface area contributed by atoms with E-state index in [0.29, 0.717) is 24.9 Å². The van der Waals surface area contributed by atoms with Gasteiger partial charge in [0.15, 0.2) is 0 Å². The van der Waals surface area contributed by atoms with Crippen LogP contribution in [0.15, 0.2) is 11.6 Å². The highest BCUT2D eigenvalue weighted by molar-refractivity contribution is 5.68. The van der Waals surface area contributed by atoms with E-state index in [2.05, 4.69) is 23.7 Å². The zero-order chi connectivity index (χ0) is 19.8. The lowest BCUT2D eigenvalue weighted by atomic mass is 9.91. The van der Waals surface area contributed by atoms with Gasteiger partial charge in [-0.3, -0.25) is 0 Å². The third kappa shape index (κ3) is 6.40. The molecule has 0 aromatic carbocycles. The first kappa shape index (κ1) is 21.5. The van der Waals surface area contributed by atoms with Gasteiger partial charge in [0.05, 0.1) is 12.7 Å². The molecule has 0 saturated heterocycles. The highest BCUT2D eigenvalue weighted by Gasteiger charge is 2.45. The molecule has 3 N–H and O–H groups in total. The number of hydrogen-bond donors (Lipinski definition) is 3. The van der Waals surface area contributed by atoms with Crippen molar-refractivity contribution < 1.29 is 24.9 Å². The van der Waals surface area contributed by atoms with Crippen molar-refractivity contribution >= 4 is 5.97 Å². The highest BCUT2D eigenvalue weighted by Crippen LogP contribution is 2.49. The molecule has 6 atom stereocenters. The molecule has 0 heterocycles. The van der Waals surface area contributed by atoms with E-state index in [1.807, 2.05) is 19.9 Å². The second-order valence-electron chi connectivity index (χ2n) is 7.55. The van der Waals surface area contributed by atoms with Gasteiger partial charge in [-0.2, -0.15) is 0 Å². The van der Waals surface area contributed by atoms with Crippen LogP contribution in [-0.2, 0) is 9.53 Å². The lowest BCUT2D eigenvalue weighted by molar-refractivity contribution is -0.141. The summed E-state index contributed by atoms with van der Waals surface area (Å²) in [6, 6.07) is 0. The van der Waals surface area contributed by atoms with Crippen molar-refractivity contribution in [3.63, 3.8) is 0 Å². The summed E-state index contributed by atoms with van der Waals surface area (Å²) in [5.41, 5.74) is 1.25. The summed E-state index contributed by atoms with van der Waals surface area (Å²) in [4.78, 5) is 10.5. The molecule has 2 rings (SSSR count). The summed E-state index contributed by atoms with van der Waals surface area (Å²) < 4.78 is 5.08. The van der Waals surface area contributed by atoms with E-state index in [1.165, 1.54) is 5.57 Å². The minimum Gasteiger partial charge on any atom is -0.480 e. The van der Waals surface area contributed by atoms with Gasteiger partial charge in [-0.1, -0.05) is 37.3 Å². The molecule has 0 spiro atoms. The summed E-state index contributed by atoms with van der Waals surface area (Å²) in [6.07, 6.45) is 4.69. The van der Waals surface area contributed by atoms with E-state index in [4.69, 9.17) is 9.84 Å². The largest absolute Gasteiger partial charge is 0.480 e. The van der Waals surface area contributed by atoms with Gasteiger partial charge in [0.25, 0.3) is 0 Å². The number of carboxylic acid groups (broad SMARTS) is 1. The topological polar surface area (TPSA) is 87.0 Å². The molecule has 0 aliphatic heterocycles. The predicted octanol–water partition coefficient (Wildman–Crippen LogP) is 2.22. The molecule has 0 radical (unpaired) electrons. The van der Waals surface area contributed by atoms with E-state index >= 15 is 0 Å². The predicted molar refractivity (Wildman–Crippen MR) is 102 cm³/mol. The molecule has 5 nitrogen and oxygen atoms in total. The fourth-order valence-electron chi connectivity index (χ4n) is 3.95. The molecule has 0 aromatic heterocycles. The first-order valence-electron chi connectivity index (χ1n) is 9.72. The Morgan fingerprint density at radius 1 is 1.37 bits per heavy atom. The van der Waals surface area contributed by atoms with Crippen molar-refractivity contribution in [3.8, 4) is 23.7 Å². The third-order valence-corrected chi connectivity index (χ3v) is 5.43. The Bertz CT molecular complexity index is 660. The first-order chi connectivity index (χ1) is 12.9. The maximum absolute atomic E-state index is 10.5. The molecule has 2 fully saturated rings. The lowest BCUT2D eigenvalue weighted by Gasteiger charge is -2.16. The van der Waals surface area contributed by atoms with Crippen molar-refractivity contribution in [3.05, 3.63) is 11.6 Å². The maximum atomic E-state index is 10.5. The van der Waals surface area contributed by atoms with Gasteiger partial charge in [-0.15, -0.1) is 11.8 Å². The molecular weight excluding hydrogens is 344 g/mol. The lowest BCUT2D eigenvalue weighted by Crippen LogP contribution is -2.19. The smallest absolute Gasteiger partial charge is 0.329 e. The monoisotopic (exact) mass is 374 g/mol. The fourth-order valence-corrected chi connectivity index (χ4v) is 3.95. The standard InChI is InChI=1S/C22H30O5/c1-3-4-5-6-15(2)20(23)8-7-18-19-12-16(9-10-27-14-22(25)26)11-17(19)13-21(18)24/h9,15,17-21,23-24H,3,6,10-14H2,1-2H3,(H,25,26)/b16-9-/t15?,17-,18?,19-,20?,21+/m0/s1. The summed E-state index contributed by atoms with van der Waals surface area (Å²) in [5.74, 6) is 11.7. The molecule has 27 heavy (non-hydrogen) atoms. The van der Waals surface area contributed by atoms with Crippen LogP contribution in [0, 0.1) is 47.4 Å². The summed E-state index contributed by atoms with van der Waals surface area (Å²) in [5, 5.41) is 29.2. The number of aliphatic carboxylic acids is 1. The number of carboxylic acids is 1. The Morgan fingerprint density at radius 2 is 2.15 bits per heavy atom. The van der Waals surface area contributed by atoms with Crippen molar-refractivity contribution in [2.24, 2.45) is 23.7 Å². The number of aliphatic hydroxyl groups is 2. The highest BCUT2D eigenvalue weighted by atomic mass is 16.5. The number of fused-ring (bicyclic) bond motifs is 1. The van der Waals surface area contributed by atoms with Crippen molar-refractivity contribution in [1.82, 2.24) is 0 Å². The van der Waals surface area contributed by atoms with Crippen LogP contribution in [0.1, 0.15) is 46.0 Å². The number of allylic oxidation sites excluding steroid dienone is 1. The fraction of sp³-hybridized carbons (Fsp3) is 0.682. The van der Waals surface area contributed by atoms with E-state index < -0.39 is 18.2 Å². The average Bonchev–Trinajstić information content (AvgIpc) is 3.13. The third-order valence-electron chi connectivity index (χ3n) is 5.43. The molecule has 148 valence electrons. The van der Waals surface area contributed by atoms with Gasteiger partial charge in [0.1, 0.15) is 12.7 Å². The summed E-state index contributed by atoms with van der Waals surface area (Å²) in [7, 11) is 0. The van der Waals surface area contributed by atoms with Crippen LogP contribution in [0.2, 0.25) is 0 Å². The van der Waals surface area contributed by atoms with Crippen LogP contribution in [0.4, 0.5) is 0 Å². The van der Waals surface area contributed by atoms with Crippen molar-refractivity contribution in [2.45, 2.75) is 58.2 Å². The van der Waals surface area contributed by atoms with Crippen LogP contribution < -0.4 is 0 Å². The zero-order valence-corrected chi connectivity index (χ0v) is 16.1. The summed E-state index contributed by atoms with van der Waals surface area (Å²) >= 11 is 0. The molecule has 5 heteroatoms. The molecular formula is C22H30O5. The quantitative estimate of drug-likeness (QED) is 0.377. The van der Waals surface area contributed by atoms with Crippen LogP contribution in [-0.4, -0.2) is 46.7 Å². The van der Waals surface area contributed by atoms with Crippen LogP contribution in [0.5, 0.6) is 0 Å². The number of ether oxygens (including phenoxy) is 1. The Labute approximate surface area is 161 Å². The summed E-state index contributed by atoms with van der Waals surface area (Å²) in [6.45, 7) is 3.94. The number of rotatable bonds is 6. The minimum atomic E-state index is -0.969. The van der Waals surface area contributed by atoms with Crippen molar-refractivity contribution in [1.29, 1.82) is 0 Å². The van der Waals surface area contributed by atoms with E-state index in [-0.39, 0.29) is 18.4 Å². The molecule has 2 aliphatic carbocycles. The normalized spacial score (nSPS) is 30.0. The molecule has 2 aliphatic rings. The molecule has 0 bridgehead atoms. The van der Waals surface area contributed by atoms with Gasteiger partial charge in [-0.05, 0) is 31.1 Å². The van der Waals surface area contributed by atoms with Crippen LogP contribution >= 0.6 is 0 Å². The Kier molecular flexibility index (Phi) is 8.38. The molecule has 0 aromatic rings. The average molecular weight is 374 g/mol. The van der Waals surface area contributed by atoms with Gasteiger partial charge >= 0.3 is 5.97 Å². The van der Waals surface area contributed by atoms with Crippen molar-refractivity contribution in [2.75, 3.05) is 13.2 Å². The Morgan fingerprint density at radius 3 is 2.85 bits per heavy atom. The minimum absolute atomic E-state index is 0.0173. The molecule has 0 amide bonds. The Hall–Kier alpha value is -1.79. The SMILES string of the molecule is CCC#CCC(C)C(O)C#CC1[C@H](O)C[C@@H]2C/C(=C/COCC(=O)O)C[C@H]12. The zero-order valence-electron chi connectivity index (χ0n) is 16.1. The maximum Gasteiger partial charge on any atom is 0.329 e. The van der Waals surface area contributed by atoms with E-state index in [1.54, 1.807) is 0 Å². The van der Waals surface area contributed by atoms with Gasteiger partial charge in [0.2, 0.25) is 0 Å². The Balaban J connectivity index is 1.91. The molecule has 3 unspecified atom stereocenters. The van der Waals surface area contributed by atoms with Gasteiger partial charge in [-0.25, -0.2) is 4.79 Å². The number of aliphatic hydroxyl groups excluding tert-OH is 2. The van der Waals surface area contributed by atoms with E-state index in [9.17, 15) is 15.0 Å². The number of hydrogen-bond acceptors (Lipinski definition) is 4. The van der Waals surface area contributed by atoms with Gasteiger partial charge in [0, 0.05) is 24.7 Å². The second-order valence-corrected chi connectivity index (χ2v) is 7.55. The van der Waals surface area contributed by atoms with Crippen LogP contribution in [0.25, 0.3) is 0 Å². The van der Waals surface area contributed by atoms with Crippen LogP contribution in [0.3, 0.4) is 0 Å². The first-order valence-corrected chi connectivity index (χ1v) is 9.72. The van der Waals surface area contributed by atoms with Gasteiger partial charge < -0.3 is 20.1 Å².